The predicted octanol–water partition coefficient (Wildman–Crippen LogP) is -0.187. The zero-order chi connectivity index (χ0) is 18.3. The van der Waals surface area contributed by atoms with Gasteiger partial charge in [-0.25, -0.2) is 0 Å². The Morgan fingerprint density at radius 1 is 0.708 bits per heavy atom. The van der Waals surface area contributed by atoms with Gasteiger partial charge in [0.25, 0.3) is 0 Å². The Kier molecular flexibility index (Phi) is 8.00. The highest BCUT2D eigenvalue weighted by Gasteiger charge is 2.34. The van der Waals surface area contributed by atoms with Crippen LogP contribution in [0.1, 0.15) is 52.4 Å². The first-order chi connectivity index (χ1) is 11.4. The lowest BCUT2D eigenvalue weighted by molar-refractivity contribution is -0.143. The van der Waals surface area contributed by atoms with E-state index in [1.54, 1.807) is 0 Å². The summed E-state index contributed by atoms with van der Waals surface area (Å²) in [6.45, 7) is 3.43. The number of carbonyl (C=O) groups is 4. The number of carbonyl (C=O) groups excluding carboxylic acids is 4. The first kappa shape index (κ1) is 20.2. The van der Waals surface area contributed by atoms with Gasteiger partial charge in [-0.05, 0) is 12.8 Å². The maximum Gasteiger partial charge on any atom is 0.230 e. The Morgan fingerprint density at radius 3 is 1.12 bits per heavy atom. The molecule has 0 aliphatic carbocycles. The van der Waals surface area contributed by atoms with Crippen molar-refractivity contribution >= 4 is 23.6 Å². The Balaban J connectivity index is 0.000000240. The van der Waals surface area contributed by atoms with Crippen LogP contribution in [-0.2, 0) is 19.2 Å². The second-order valence-electron chi connectivity index (χ2n) is 5.80. The quantitative estimate of drug-likeness (QED) is 0.647. The van der Waals surface area contributed by atoms with E-state index in [-0.39, 0.29) is 48.9 Å². The Morgan fingerprint density at radius 2 is 0.958 bits per heavy atom. The summed E-state index contributed by atoms with van der Waals surface area (Å²) < 4.78 is 0. The third kappa shape index (κ3) is 4.61. The fraction of sp³-hybridized carbons (Fsp3) is 0.750. The van der Waals surface area contributed by atoms with Crippen LogP contribution in [0.2, 0.25) is 0 Å². The number of rotatable bonds is 6. The highest BCUT2D eigenvalue weighted by molar-refractivity contribution is 6.02. The molecule has 24 heavy (non-hydrogen) atoms. The van der Waals surface area contributed by atoms with Crippen molar-refractivity contribution < 1.29 is 29.4 Å². The monoisotopic (exact) mass is 342 g/mol. The first-order valence-electron chi connectivity index (χ1n) is 8.32. The van der Waals surface area contributed by atoms with Gasteiger partial charge in [-0.3, -0.25) is 29.0 Å². The average Bonchev–Trinajstić information content (AvgIpc) is 3.08. The van der Waals surface area contributed by atoms with Gasteiger partial charge in [0.2, 0.25) is 23.6 Å². The third-order valence-electron chi connectivity index (χ3n) is 4.27. The molecule has 8 nitrogen and oxygen atoms in total. The summed E-state index contributed by atoms with van der Waals surface area (Å²) in [6, 6.07) is -0.625. The van der Waals surface area contributed by atoms with Crippen molar-refractivity contribution in [2.45, 2.75) is 64.5 Å². The lowest BCUT2D eigenvalue weighted by atomic mass is 10.2. The number of imide groups is 2. The molecule has 0 saturated carbocycles. The number of amides is 4. The molecule has 2 N–H and O–H groups in total. The zero-order valence-corrected chi connectivity index (χ0v) is 14.2. The summed E-state index contributed by atoms with van der Waals surface area (Å²) in [7, 11) is 0. The molecule has 0 spiro atoms. The van der Waals surface area contributed by atoms with E-state index in [1.165, 1.54) is 9.80 Å². The molecule has 2 aliphatic heterocycles. The predicted molar refractivity (Wildman–Crippen MR) is 84.5 cm³/mol. The minimum absolute atomic E-state index is 0.131. The molecule has 2 fully saturated rings. The number of nitrogens with zero attached hydrogens (tertiary/aromatic N) is 2. The Bertz CT molecular complexity index is 409. The van der Waals surface area contributed by atoms with E-state index in [4.69, 9.17) is 10.2 Å². The molecule has 2 heterocycles. The van der Waals surface area contributed by atoms with Gasteiger partial charge in [-0.1, -0.05) is 13.8 Å². The van der Waals surface area contributed by atoms with Gasteiger partial charge in [0, 0.05) is 25.7 Å². The van der Waals surface area contributed by atoms with Crippen molar-refractivity contribution in [1.29, 1.82) is 0 Å². The smallest absolute Gasteiger partial charge is 0.230 e. The van der Waals surface area contributed by atoms with Crippen molar-refractivity contribution in [3.05, 3.63) is 0 Å². The first-order valence-corrected chi connectivity index (χ1v) is 8.32. The molecule has 2 rings (SSSR count). The SMILES string of the molecule is CC[C@H](CO)N1C(=O)CCC1=O.CC[C@H](CO)N1C(=O)CCC1=O. The van der Waals surface area contributed by atoms with Gasteiger partial charge in [0.1, 0.15) is 0 Å². The highest BCUT2D eigenvalue weighted by atomic mass is 16.3. The maximum absolute atomic E-state index is 11.1. The van der Waals surface area contributed by atoms with Gasteiger partial charge in [0.15, 0.2) is 0 Å². The number of likely N-dealkylation sites (tertiary alicyclic amines) is 2. The van der Waals surface area contributed by atoms with Crippen LogP contribution in [-0.4, -0.2) is 68.9 Å². The fourth-order valence-corrected chi connectivity index (χ4v) is 2.79. The Labute approximate surface area is 141 Å². The Hall–Kier alpha value is -1.80. The van der Waals surface area contributed by atoms with E-state index < -0.39 is 0 Å². The molecular formula is C16H26N2O6. The summed E-state index contributed by atoms with van der Waals surface area (Å²) in [5, 5.41) is 17.8. The van der Waals surface area contributed by atoms with Crippen LogP contribution in [0.4, 0.5) is 0 Å². The van der Waals surface area contributed by atoms with E-state index in [2.05, 4.69) is 0 Å². The van der Waals surface area contributed by atoms with Crippen LogP contribution in [0.5, 0.6) is 0 Å². The minimum Gasteiger partial charge on any atom is -0.394 e. The molecule has 0 aromatic rings. The van der Waals surface area contributed by atoms with Crippen LogP contribution in [0, 0.1) is 0 Å². The van der Waals surface area contributed by atoms with Crippen molar-refractivity contribution in [1.82, 2.24) is 9.80 Å². The molecule has 0 radical (unpaired) electrons. The largest absolute Gasteiger partial charge is 0.394 e. The highest BCUT2D eigenvalue weighted by Crippen LogP contribution is 2.17. The molecule has 8 heteroatoms. The van der Waals surface area contributed by atoms with Gasteiger partial charge in [-0.2, -0.15) is 0 Å². The van der Waals surface area contributed by atoms with Gasteiger partial charge < -0.3 is 10.2 Å². The van der Waals surface area contributed by atoms with Crippen molar-refractivity contribution in [2.24, 2.45) is 0 Å². The molecule has 2 saturated heterocycles. The molecule has 0 bridgehead atoms. The van der Waals surface area contributed by atoms with E-state index in [9.17, 15) is 19.2 Å². The molecule has 2 aliphatic rings. The molecular weight excluding hydrogens is 316 g/mol. The van der Waals surface area contributed by atoms with E-state index in [0.717, 1.165) is 0 Å². The zero-order valence-electron chi connectivity index (χ0n) is 14.2. The van der Waals surface area contributed by atoms with E-state index in [1.807, 2.05) is 13.8 Å². The lowest BCUT2D eigenvalue weighted by Gasteiger charge is -2.22. The minimum atomic E-state index is -0.313. The molecule has 136 valence electrons. The topological polar surface area (TPSA) is 115 Å². The van der Waals surface area contributed by atoms with Crippen molar-refractivity contribution in [2.75, 3.05) is 13.2 Å². The normalized spacial score (nSPS) is 20.3. The summed E-state index contributed by atoms with van der Waals surface area (Å²) in [6.07, 6.45) is 2.44. The molecule has 0 aromatic carbocycles. The molecule has 0 aromatic heterocycles. The van der Waals surface area contributed by atoms with Crippen LogP contribution < -0.4 is 0 Å². The van der Waals surface area contributed by atoms with Crippen LogP contribution in [0.15, 0.2) is 0 Å². The van der Waals surface area contributed by atoms with Crippen molar-refractivity contribution in [3.63, 3.8) is 0 Å². The number of hydrogen-bond donors (Lipinski definition) is 2. The van der Waals surface area contributed by atoms with E-state index in [0.29, 0.717) is 38.5 Å². The van der Waals surface area contributed by atoms with E-state index >= 15 is 0 Å². The summed E-state index contributed by atoms with van der Waals surface area (Å²) >= 11 is 0. The van der Waals surface area contributed by atoms with Crippen LogP contribution in [0.25, 0.3) is 0 Å². The second-order valence-corrected chi connectivity index (χ2v) is 5.80. The second kappa shape index (κ2) is 9.48. The van der Waals surface area contributed by atoms with Gasteiger partial charge >= 0.3 is 0 Å². The number of hydrogen-bond acceptors (Lipinski definition) is 6. The van der Waals surface area contributed by atoms with Crippen LogP contribution >= 0.6 is 0 Å². The number of aliphatic hydroxyl groups is 2. The standard InChI is InChI=1S/2C8H13NO3/c2*1-2-6(5-10)9-7(11)3-4-8(9)12/h2*6,10H,2-5H2,1H3/t2*6-/m11/s1. The van der Waals surface area contributed by atoms with Gasteiger partial charge in [0.05, 0.1) is 25.3 Å². The lowest BCUT2D eigenvalue weighted by Crippen LogP contribution is -2.41. The van der Waals surface area contributed by atoms with Crippen LogP contribution in [0.3, 0.4) is 0 Å². The molecule has 0 unspecified atom stereocenters. The summed E-state index contributed by atoms with van der Waals surface area (Å²) in [5.41, 5.74) is 0. The average molecular weight is 342 g/mol. The molecule has 2 atom stereocenters. The number of aliphatic hydroxyl groups excluding tert-OH is 2. The van der Waals surface area contributed by atoms with Gasteiger partial charge in [-0.15, -0.1) is 0 Å². The molecule has 4 amide bonds. The third-order valence-corrected chi connectivity index (χ3v) is 4.27. The summed E-state index contributed by atoms with van der Waals surface area (Å²) in [4.78, 5) is 46.9. The fourth-order valence-electron chi connectivity index (χ4n) is 2.79. The maximum atomic E-state index is 11.1. The summed E-state index contributed by atoms with van der Waals surface area (Å²) in [5.74, 6) is -0.608. The van der Waals surface area contributed by atoms with Crippen molar-refractivity contribution in [3.8, 4) is 0 Å².